The third-order valence-electron chi connectivity index (χ3n) is 3.36. The Labute approximate surface area is 125 Å². The molecule has 106 valence electrons. The Kier molecular flexibility index (Phi) is 5.60. The van der Waals surface area contributed by atoms with E-state index >= 15 is 0 Å². The summed E-state index contributed by atoms with van der Waals surface area (Å²) in [6.07, 6.45) is 0. The van der Waals surface area contributed by atoms with E-state index in [1.807, 2.05) is 30.3 Å². The average Bonchev–Trinajstić information content (AvgIpc) is 2.48. The molecule has 0 fully saturated rings. The Hall–Kier alpha value is -1.35. The molecule has 0 bridgehead atoms. The van der Waals surface area contributed by atoms with E-state index in [1.54, 1.807) is 7.11 Å². The predicted molar refractivity (Wildman–Crippen MR) is 84.1 cm³/mol. The number of methoxy groups -OCH3 is 1. The average molecular weight is 290 g/mol. The van der Waals surface area contributed by atoms with Crippen molar-refractivity contribution in [3.63, 3.8) is 0 Å². The summed E-state index contributed by atoms with van der Waals surface area (Å²) in [4.78, 5) is 0. The molecule has 0 aliphatic heterocycles. The van der Waals surface area contributed by atoms with E-state index in [2.05, 4.69) is 36.5 Å². The lowest BCUT2D eigenvalue weighted by atomic mass is 10.0. The molecule has 0 amide bonds. The number of nitrogens with one attached hydrogen (secondary N) is 1. The van der Waals surface area contributed by atoms with E-state index in [9.17, 15) is 0 Å². The normalized spacial score (nSPS) is 13.9. The minimum absolute atomic E-state index is 0.173. The molecular weight excluding hydrogens is 270 g/mol. The SMILES string of the molecule is COCC(N[C@@H](C)c1ccc(Cl)cc1)c1ccccc1. The van der Waals surface area contributed by atoms with Crippen molar-refractivity contribution in [1.82, 2.24) is 5.32 Å². The number of hydrogen-bond donors (Lipinski definition) is 1. The van der Waals surface area contributed by atoms with Crippen LogP contribution in [0.15, 0.2) is 54.6 Å². The number of halogens is 1. The highest BCUT2D eigenvalue weighted by Crippen LogP contribution is 2.21. The minimum atomic E-state index is 0.173. The summed E-state index contributed by atoms with van der Waals surface area (Å²) >= 11 is 5.93. The van der Waals surface area contributed by atoms with E-state index in [0.717, 1.165) is 5.02 Å². The van der Waals surface area contributed by atoms with Gasteiger partial charge in [-0.15, -0.1) is 0 Å². The van der Waals surface area contributed by atoms with Crippen LogP contribution in [0.4, 0.5) is 0 Å². The first-order valence-corrected chi connectivity index (χ1v) is 7.14. The number of rotatable bonds is 6. The first-order chi connectivity index (χ1) is 9.70. The summed E-state index contributed by atoms with van der Waals surface area (Å²) in [6.45, 7) is 2.79. The van der Waals surface area contributed by atoms with Gasteiger partial charge < -0.3 is 10.1 Å². The van der Waals surface area contributed by atoms with Gasteiger partial charge in [0.05, 0.1) is 12.6 Å². The second kappa shape index (κ2) is 7.44. The van der Waals surface area contributed by atoms with Crippen LogP contribution in [0, 0.1) is 0 Å². The van der Waals surface area contributed by atoms with Gasteiger partial charge in [0.25, 0.3) is 0 Å². The fourth-order valence-corrected chi connectivity index (χ4v) is 2.37. The highest BCUT2D eigenvalue weighted by Gasteiger charge is 2.15. The van der Waals surface area contributed by atoms with Crippen LogP contribution >= 0.6 is 11.6 Å². The lowest BCUT2D eigenvalue weighted by Gasteiger charge is -2.23. The maximum atomic E-state index is 5.93. The van der Waals surface area contributed by atoms with Crippen LogP contribution in [0.25, 0.3) is 0 Å². The van der Waals surface area contributed by atoms with Crippen LogP contribution in [0.2, 0.25) is 5.02 Å². The fourth-order valence-electron chi connectivity index (χ4n) is 2.24. The molecule has 0 saturated carbocycles. The molecule has 2 rings (SSSR count). The van der Waals surface area contributed by atoms with Crippen molar-refractivity contribution >= 4 is 11.6 Å². The number of hydrogen-bond acceptors (Lipinski definition) is 2. The van der Waals surface area contributed by atoms with Gasteiger partial charge in [0.15, 0.2) is 0 Å². The van der Waals surface area contributed by atoms with E-state index in [0.29, 0.717) is 6.61 Å². The smallest absolute Gasteiger partial charge is 0.0657 e. The van der Waals surface area contributed by atoms with Crippen molar-refractivity contribution < 1.29 is 4.74 Å². The van der Waals surface area contributed by atoms with Crippen molar-refractivity contribution in [1.29, 1.82) is 0 Å². The maximum absolute atomic E-state index is 5.93. The quantitative estimate of drug-likeness (QED) is 0.852. The van der Waals surface area contributed by atoms with Crippen LogP contribution in [0.5, 0.6) is 0 Å². The van der Waals surface area contributed by atoms with Crippen LogP contribution in [0.3, 0.4) is 0 Å². The summed E-state index contributed by atoms with van der Waals surface area (Å²) in [5, 5.41) is 4.36. The van der Waals surface area contributed by atoms with E-state index in [1.165, 1.54) is 11.1 Å². The standard InChI is InChI=1S/C17H20ClNO/c1-13(14-8-10-16(18)11-9-14)19-17(12-20-2)15-6-4-3-5-7-15/h3-11,13,17,19H,12H2,1-2H3/t13-,17?/m0/s1. The Morgan fingerprint density at radius 2 is 1.65 bits per heavy atom. The topological polar surface area (TPSA) is 21.3 Å². The molecule has 0 radical (unpaired) electrons. The zero-order valence-corrected chi connectivity index (χ0v) is 12.6. The van der Waals surface area contributed by atoms with Gasteiger partial charge in [-0.2, -0.15) is 0 Å². The van der Waals surface area contributed by atoms with Crippen LogP contribution in [0.1, 0.15) is 30.1 Å². The fraction of sp³-hybridized carbons (Fsp3) is 0.294. The van der Waals surface area contributed by atoms with Crippen LogP contribution < -0.4 is 5.32 Å². The van der Waals surface area contributed by atoms with Gasteiger partial charge in [-0.05, 0) is 30.2 Å². The summed E-state index contributed by atoms with van der Waals surface area (Å²) in [6, 6.07) is 18.7. The van der Waals surface area contributed by atoms with Crippen LogP contribution in [-0.2, 0) is 4.74 Å². The second-order valence-electron chi connectivity index (χ2n) is 4.86. The lowest BCUT2D eigenvalue weighted by Crippen LogP contribution is -2.28. The molecule has 0 saturated heterocycles. The summed E-state index contributed by atoms with van der Waals surface area (Å²) in [7, 11) is 1.73. The Morgan fingerprint density at radius 3 is 2.25 bits per heavy atom. The molecule has 0 spiro atoms. The molecule has 2 aromatic rings. The van der Waals surface area contributed by atoms with Crippen molar-refractivity contribution in [3.8, 4) is 0 Å². The molecule has 0 aromatic heterocycles. The molecule has 1 N–H and O–H groups in total. The van der Waals surface area contributed by atoms with Gasteiger partial charge in [-0.1, -0.05) is 54.1 Å². The molecule has 0 heterocycles. The second-order valence-corrected chi connectivity index (χ2v) is 5.29. The molecular formula is C17H20ClNO. The molecule has 2 atom stereocenters. The van der Waals surface area contributed by atoms with Crippen molar-refractivity contribution in [2.24, 2.45) is 0 Å². The molecule has 0 aliphatic carbocycles. The molecule has 20 heavy (non-hydrogen) atoms. The number of benzene rings is 2. The lowest BCUT2D eigenvalue weighted by molar-refractivity contribution is 0.162. The summed E-state index contributed by atoms with van der Waals surface area (Å²) < 4.78 is 5.33. The zero-order valence-electron chi connectivity index (χ0n) is 11.8. The molecule has 0 aliphatic rings. The Morgan fingerprint density at radius 1 is 1.00 bits per heavy atom. The van der Waals surface area contributed by atoms with Crippen molar-refractivity contribution in [3.05, 3.63) is 70.7 Å². The highest BCUT2D eigenvalue weighted by molar-refractivity contribution is 6.30. The van der Waals surface area contributed by atoms with Gasteiger partial charge in [-0.25, -0.2) is 0 Å². The van der Waals surface area contributed by atoms with E-state index in [-0.39, 0.29) is 12.1 Å². The Bertz CT molecular complexity index is 512. The van der Waals surface area contributed by atoms with Gasteiger partial charge in [0.1, 0.15) is 0 Å². The maximum Gasteiger partial charge on any atom is 0.0657 e. The summed E-state index contributed by atoms with van der Waals surface area (Å²) in [5.41, 5.74) is 2.45. The largest absolute Gasteiger partial charge is 0.383 e. The molecule has 1 unspecified atom stereocenters. The first kappa shape index (κ1) is 15.0. The Balaban J connectivity index is 2.10. The zero-order chi connectivity index (χ0) is 14.4. The molecule has 2 aromatic carbocycles. The van der Waals surface area contributed by atoms with Crippen molar-refractivity contribution in [2.75, 3.05) is 13.7 Å². The van der Waals surface area contributed by atoms with Crippen LogP contribution in [-0.4, -0.2) is 13.7 Å². The molecule has 3 heteroatoms. The van der Waals surface area contributed by atoms with Gasteiger partial charge in [0, 0.05) is 18.2 Å². The van der Waals surface area contributed by atoms with E-state index in [4.69, 9.17) is 16.3 Å². The van der Waals surface area contributed by atoms with Gasteiger partial charge in [0.2, 0.25) is 0 Å². The van der Waals surface area contributed by atoms with Gasteiger partial charge >= 0.3 is 0 Å². The van der Waals surface area contributed by atoms with Gasteiger partial charge in [-0.3, -0.25) is 0 Å². The first-order valence-electron chi connectivity index (χ1n) is 6.76. The van der Waals surface area contributed by atoms with Crippen molar-refractivity contribution in [2.45, 2.75) is 19.0 Å². The third-order valence-corrected chi connectivity index (χ3v) is 3.61. The number of ether oxygens (including phenoxy) is 1. The predicted octanol–water partition coefficient (Wildman–Crippen LogP) is 4.38. The monoisotopic (exact) mass is 289 g/mol. The summed E-state index contributed by atoms with van der Waals surface area (Å²) in [5.74, 6) is 0. The third kappa shape index (κ3) is 4.07. The molecule has 2 nitrogen and oxygen atoms in total. The van der Waals surface area contributed by atoms with E-state index < -0.39 is 0 Å². The minimum Gasteiger partial charge on any atom is -0.383 e. The highest BCUT2D eigenvalue weighted by atomic mass is 35.5.